The third-order valence-corrected chi connectivity index (χ3v) is 6.57. The Morgan fingerprint density at radius 2 is 1.72 bits per heavy atom. The minimum Gasteiger partial charge on any atom is -0.321 e. The molecule has 180 valence electrons. The Labute approximate surface area is 216 Å². The molecule has 2 aromatic carbocycles. The Kier molecular flexibility index (Phi) is 8.63. The molecular formula is C27H22N4O3S2. The zero-order chi connectivity index (χ0) is 25.2. The second-order valence-electron chi connectivity index (χ2n) is 7.43. The summed E-state index contributed by atoms with van der Waals surface area (Å²) >= 11 is 2.79. The molecule has 3 amide bonds. The number of rotatable bonds is 9. The monoisotopic (exact) mass is 514 g/mol. The molecule has 0 aliphatic carbocycles. The standard InChI is InChI=1S/C27H22N4O3S2/c32-25(31-24-13-4-5-14-28-24)18-36-21-11-6-10-20(16-21)29-27(34)23(17-22-12-7-15-35-22)30-26(33)19-8-2-1-3-9-19/h1-17H,18H2,(H,29,34)(H,30,33)(H,28,31,32)/b23-17-. The van der Waals surface area contributed by atoms with E-state index in [0.717, 1.165) is 9.77 Å². The van der Waals surface area contributed by atoms with Gasteiger partial charge in [0.15, 0.2) is 0 Å². The first kappa shape index (κ1) is 24.9. The molecule has 2 heterocycles. The van der Waals surface area contributed by atoms with E-state index in [4.69, 9.17) is 0 Å². The summed E-state index contributed by atoms with van der Waals surface area (Å²) in [6, 6.07) is 24.9. The van der Waals surface area contributed by atoms with Gasteiger partial charge < -0.3 is 16.0 Å². The normalized spacial score (nSPS) is 10.9. The number of hydrogen-bond donors (Lipinski definition) is 3. The molecule has 9 heteroatoms. The Balaban J connectivity index is 1.41. The predicted molar refractivity (Wildman–Crippen MR) is 145 cm³/mol. The highest BCUT2D eigenvalue weighted by Gasteiger charge is 2.15. The average molecular weight is 515 g/mol. The molecule has 4 aromatic rings. The van der Waals surface area contributed by atoms with E-state index in [9.17, 15) is 14.4 Å². The van der Waals surface area contributed by atoms with Gasteiger partial charge in [0.25, 0.3) is 11.8 Å². The molecule has 3 N–H and O–H groups in total. The van der Waals surface area contributed by atoms with E-state index in [1.54, 1.807) is 72.9 Å². The number of aromatic nitrogens is 1. The van der Waals surface area contributed by atoms with Crippen molar-refractivity contribution in [3.8, 4) is 0 Å². The topological polar surface area (TPSA) is 100 Å². The Morgan fingerprint density at radius 1 is 0.889 bits per heavy atom. The predicted octanol–water partition coefficient (Wildman–Crippen LogP) is 5.28. The van der Waals surface area contributed by atoms with E-state index >= 15 is 0 Å². The van der Waals surface area contributed by atoms with Gasteiger partial charge in [-0.2, -0.15) is 0 Å². The largest absolute Gasteiger partial charge is 0.321 e. The lowest BCUT2D eigenvalue weighted by atomic mass is 10.2. The highest BCUT2D eigenvalue weighted by Crippen LogP contribution is 2.22. The van der Waals surface area contributed by atoms with Crippen LogP contribution in [0.25, 0.3) is 6.08 Å². The second-order valence-corrected chi connectivity index (χ2v) is 9.46. The SMILES string of the molecule is O=C(CSc1cccc(NC(=O)/C(=C/c2cccs2)NC(=O)c2ccccc2)c1)Nc1ccccn1. The van der Waals surface area contributed by atoms with Crippen LogP contribution in [0.5, 0.6) is 0 Å². The summed E-state index contributed by atoms with van der Waals surface area (Å²) in [6.07, 6.45) is 3.25. The lowest BCUT2D eigenvalue weighted by Gasteiger charge is -2.12. The molecule has 0 radical (unpaired) electrons. The number of pyridine rings is 1. The molecule has 7 nitrogen and oxygen atoms in total. The number of amides is 3. The second kappa shape index (κ2) is 12.5. The van der Waals surface area contributed by atoms with Crippen LogP contribution in [0.3, 0.4) is 0 Å². The molecular weight excluding hydrogens is 492 g/mol. The fourth-order valence-corrected chi connectivity index (χ4v) is 4.50. The van der Waals surface area contributed by atoms with Crippen molar-refractivity contribution < 1.29 is 14.4 Å². The summed E-state index contributed by atoms with van der Waals surface area (Å²) in [6.45, 7) is 0. The number of nitrogens with zero attached hydrogens (tertiary/aromatic N) is 1. The van der Waals surface area contributed by atoms with E-state index in [0.29, 0.717) is 17.1 Å². The van der Waals surface area contributed by atoms with Crippen LogP contribution < -0.4 is 16.0 Å². The Bertz CT molecular complexity index is 1360. The van der Waals surface area contributed by atoms with Gasteiger partial charge in [-0.1, -0.05) is 36.4 Å². The summed E-state index contributed by atoms with van der Waals surface area (Å²) in [5, 5.41) is 10.2. The summed E-state index contributed by atoms with van der Waals surface area (Å²) in [4.78, 5) is 43.8. The fourth-order valence-electron chi connectivity index (χ4n) is 3.08. The molecule has 0 saturated carbocycles. The number of thioether (sulfide) groups is 1. The minimum absolute atomic E-state index is 0.124. The van der Waals surface area contributed by atoms with Gasteiger partial charge in [-0.25, -0.2) is 4.98 Å². The summed E-state index contributed by atoms with van der Waals surface area (Å²) < 4.78 is 0. The van der Waals surface area contributed by atoms with Crippen molar-refractivity contribution in [2.45, 2.75) is 4.90 Å². The van der Waals surface area contributed by atoms with Crippen molar-refractivity contribution in [1.82, 2.24) is 10.3 Å². The third-order valence-electron chi connectivity index (χ3n) is 4.75. The van der Waals surface area contributed by atoms with Crippen LogP contribution in [0.1, 0.15) is 15.2 Å². The van der Waals surface area contributed by atoms with E-state index in [1.165, 1.54) is 23.1 Å². The van der Waals surface area contributed by atoms with Gasteiger partial charge in [0.2, 0.25) is 5.91 Å². The Hall–Kier alpha value is -4.21. The zero-order valence-corrected chi connectivity index (χ0v) is 20.6. The van der Waals surface area contributed by atoms with Crippen molar-refractivity contribution in [1.29, 1.82) is 0 Å². The number of anilines is 2. The van der Waals surface area contributed by atoms with Crippen molar-refractivity contribution >= 4 is 58.4 Å². The maximum Gasteiger partial charge on any atom is 0.272 e. The van der Waals surface area contributed by atoms with Crippen molar-refractivity contribution in [2.24, 2.45) is 0 Å². The Morgan fingerprint density at radius 3 is 2.47 bits per heavy atom. The van der Waals surface area contributed by atoms with E-state index < -0.39 is 5.91 Å². The number of hydrogen-bond acceptors (Lipinski definition) is 6. The molecule has 0 aliphatic rings. The zero-order valence-electron chi connectivity index (χ0n) is 19.0. The highest BCUT2D eigenvalue weighted by molar-refractivity contribution is 8.00. The van der Waals surface area contributed by atoms with Crippen LogP contribution in [0, 0.1) is 0 Å². The number of carbonyl (C=O) groups excluding carboxylic acids is 3. The molecule has 0 unspecified atom stereocenters. The molecule has 4 rings (SSSR count). The number of thiophene rings is 1. The van der Waals surface area contributed by atoms with Crippen LogP contribution in [0.15, 0.2) is 107 Å². The van der Waals surface area contributed by atoms with Gasteiger partial charge in [-0.05, 0) is 60.0 Å². The molecule has 0 atom stereocenters. The summed E-state index contributed by atoms with van der Waals surface area (Å²) in [5.74, 6) is -0.339. The van der Waals surface area contributed by atoms with Gasteiger partial charge >= 0.3 is 0 Å². The molecule has 0 fully saturated rings. The smallest absolute Gasteiger partial charge is 0.272 e. The van der Waals surface area contributed by atoms with Crippen LogP contribution in [-0.2, 0) is 9.59 Å². The fraction of sp³-hybridized carbons (Fsp3) is 0.0370. The quantitative estimate of drug-likeness (QED) is 0.208. The van der Waals surface area contributed by atoms with Crippen LogP contribution in [0.4, 0.5) is 11.5 Å². The number of nitrogens with one attached hydrogen (secondary N) is 3. The van der Waals surface area contributed by atoms with Crippen molar-refractivity contribution in [3.63, 3.8) is 0 Å². The summed E-state index contributed by atoms with van der Waals surface area (Å²) in [7, 11) is 0. The minimum atomic E-state index is -0.456. The first-order valence-electron chi connectivity index (χ1n) is 10.9. The highest BCUT2D eigenvalue weighted by atomic mass is 32.2. The molecule has 0 bridgehead atoms. The van der Waals surface area contributed by atoms with E-state index in [2.05, 4.69) is 20.9 Å². The molecule has 0 aliphatic heterocycles. The molecule has 0 saturated heterocycles. The molecule has 0 spiro atoms. The van der Waals surface area contributed by atoms with Crippen LogP contribution in [-0.4, -0.2) is 28.5 Å². The van der Waals surface area contributed by atoms with Crippen LogP contribution >= 0.6 is 23.1 Å². The first-order chi connectivity index (χ1) is 17.6. The lowest BCUT2D eigenvalue weighted by molar-refractivity contribution is -0.114. The van der Waals surface area contributed by atoms with Gasteiger partial charge in [0.1, 0.15) is 11.5 Å². The molecule has 36 heavy (non-hydrogen) atoms. The maximum absolute atomic E-state index is 13.1. The van der Waals surface area contributed by atoms with Gasteiger partial charge in [0, 0.05) is 27.2 Å². The average Bonchev–Trinajstić information content (AvgIpc) is 3.42. The van der Waals surface area contributed by atoms with Crippen molar-refractivity contribution in [3.05, 3.63) is 113 Å². The van der Waals surface area contributed by atoms with E-state index in [-0.39, 0.29) is 23.3 Å². The lowest BCUT2D eigenvalue weighted by Crippen LogP contribution is -2.30. The third kappa shape index (κ3) is 7.39. The van der Waals surface area contributed by atoms with Crippen molar-refractivity contribution in [2.75, 3.05) is 16.4 Å². The summed E-state index contributed by atoms with van der Waals surface area (Å²) in [5.41, 5.74) is 1.12. The molecule has 2 aromatic heterocycles. The van der Waals surface area contributed by atoms with Gasteiger partial charge in [-0.15, -0.1) is 23.1 Å². The van der Waals surface area contributed by atoms with E-state index in [1.807, 2.05) is 29.6 Å². The maximum atomic E-state index is 13.1. The first-order valence-corrected chi connectivity index (χ1v) is 12.8. The number of benzene rings is 2. The van der Waals surface area contributed by atoms with Gasteiger partial charge in [0.05, 0.1) is 5.75 Å². The van der Waals surface area contributed by atoms with Crippen LogP contribution in [0.2, 0.25) is 0 Å². The number of carbonyl (C=O) groups is 3. The van der Waals surface area contributed by atoms with Gasteiger partial charge in [-0.3, -0.25) is 14.4 Å².